The molecule has 0 heterocycles. The first-order valence-corrected chi connectivity index (χ1v) is 13.4. The number of benzene rings is 3. The fraction of sp³-hybridized carbons (Fsp3) is 0.355. The predicted octanol–water partition coefficient (Wildman–Crippen LogP) is 6.73. The zero-order valence-electron chi connectivity index (χ0n) is 20.9. The maximum atomic E-state index is 14.1. The first-order chi connectivity index (χ1) is 17.6. The van der Waals surface area contributed by atoms with Crippen molar-refractivity contribution in [1.29, 1.82) is 0 Å². The highest BCUT2D eigenvalue weighted by atomic mass is 35.5. The maximum Gasteiger partial charge on any atom is 0.243 e. The van der Waals surface area contributed by atoms with Crippen LogP contribution in [0.5, 0.6) is 0 Å². The normalized spacial score (nSPS) is 14.5. The van der Waals surface area contributed by atoms with Gasteiger partial charge < -0.3 is 10.2 Å². The van der Waals surface area contributed by atoms with Gasteiger partial charge in [0.05, 0.1) is 0 Å². The van der Waals surface area contributed by atoms with E-state index in [2.05, 4.69) is 29.6 Å². The molecule has 1 aliphatic carbocycles. The van der Waals surface area contributed by atoms with E-state index < -0.39 is 6.04 Å². The van der Waals surface area contributed by atoms with Crippen LogP contribution in [0.15, 0.2) is 84.9 Å². The van der Waals surface area contributed by atoms with Crippen molar-refractivity contribution in [2.75, 3.05) is 0 Å². The second-order valence-corrected chi connectivity index (χ2v) is 10.0. The fourth-order valence-electron chi connectivity index (χ4n) is 5.19. The molecule has 4 rings (SSSR count). The highest BCUT2D eigenvalue weighted by Crippen LogP contribution is 2.30. The summed E-state index contributed by atoms with van der Waals surface area (Å²) < 4.78 is 0. The first-order valence-electron chi connectivity index (χ1n) is 13.0. The summed E-state index contributed by atoms with van der Waals surface area (Å²) in [6, 6.07) is 27.4. The number of hydrogen-bond acceptors (Lipinski definition) is 2. The summed E-state index contributed by atoms with van der Waals surface area (Å²) >= 11 is 6.50. The Hall–Kier alpha value is -3.11. The summed E-state index contributed by atoms with van der Waals surface area (Å²) in [6.45, 7) is 2.27. The van der Waals surface area contributed by atoms with Crippen LogP contribution in [-0.4, -0.2) is 28.8 Å². The monoisotopic (exact) mass is 502 g/mol. The third-order valence-corrected chi connectivity index (χ3v) is 7.54. The van der Waals surface area contributed by atoms with E-state index in [-0.39, 0.29) is 30.2 Å². The number of hydrogen-bond donors (Lipinski definition) is 1. The molecule has 5 heteroatoms. The topological polar surface area (TPSA) is 49.4 Å². The molecule has 0 spiro atoms. The standard InChI is InChI=1S/C31H35ClN2O2/c1-2-29(31(36)33-26-18-10-11-19-26)34(22-25-17-9-12-20-28(25)32)30(35)21-27(23-13-5-3-6-14-23)24-15-7-4-8-16-24/h3-9,12-17,20,26-27,29H,2,10-11,18-19,21-22H2,1H3,(H,33,36)/t29-/m1/s1. The van der Waals surface area contributed by atoms with Gasteiger partial charge in [0, 0.05) is 29.9 Å². The molecule has 0 aromatic heterocycles. The molecule has 36 heavy (non-hydrogen) atoms. The molecule has 2 amide bonds. The van der Waals surface area contributed by atoms with Crippen molar-refractivity contribution in [2.24, 2.45) is 0 Å². The Bertz CT molecular complexity index is 1090. The lowest BCUT2D eigenvalue weighted by Crippen LogP contribution is -2.51. The summed E-state index contributed by atoms with van der Waals surface area (Å²) in [6.07, 6.45) is 5.09. The number of nitrogens with zero attached hydrogens (tertiary/aromatic N) is 1. The van der Waals surface area contributed by atoms with Crippen LogP contribution in [0.3, 0.4) is 0 Å². The van der Waals surface area contributed by atoms with Crippen molar-refractivity contribution in [3.8, 4) is 0 Å². The van der Waals surface area contributed by atoms with E-state index in [0.717, 1.165) is 42.4 Å². The summed E-state index contributed by atoms with van der Waals surface area (Å²) in [7, 11) is 0. The molecule has 188 valence electrons. The molecule has 4 nitrogen and oxygen atoms in total. The Balaban J connectivity index is 1.64. The largest absolute Gasteiger partial charge is 0.352 e. The van der Waals surface area contributed by atoms with Gasteiger partial charge in [-0.1, -0.05) is 110 Å². The Morgan fingerprint density at radius 1 is 0.889 bits per heavy atom. The van der Waals surface area contributed by atoms with Gasteiger partial charge in [-0.25, -0.2) is 0 Å². The second-order valence-electron chi connectivity index (χ2n) is 9.61. The van der Waals surface area contributed by atoms with Crippen molar-refractivity contribution in [1.82, 2.24) is 10.2 Å². The van der Waals surface area contributed by atoms with Crippen LogP contribution in [0.1, 0.15) is 68.1 Å². The van der Waals surface area contributed by atoms with E-state index in [1.165, 1.54) is 0 Å². The molecule has 3 aromatic rings. The lowest BCUT2D eigenvalue weighted by Gasteiger charge is -2.33. The van der Waals surface area contributed by atoms with Gasteiger partial charge in [-0.3, -0.25) is 9.59 Å². The van der Waals surface area contributed by atoms with Gasteiger partial charge in [0.15, 0.2) is 0 Å². The maximum absolute atomic E-state index is 14.1. The Kier molecular flexibility index (Phi) is 9.18. The van der Waals surface area contributed by atoms with Gasteiger partial charge in [-0.05, 0) is 42.0 Å². The van der Waals surface area contributed by atoms with Gasteiger partial charge in [-0.15, -0.1) is 0 Å². The van der Waals surface area contributed by atoms with E-state index in [1.54, 1.807) is 4.90 Å². The van der Waals surface area contributed by atoms with Gasteiger partial charge in [0.1, 0.15) is 6.04 Å². The summed E-state index contributed by atoms with van der Waals surface area (Å²) in [4.78, 5) is 29.2. The Morgan fingerprint density at radius 2 is 1.44 bits per heavy atom. The predicted molar refractivity (Wildman–Crippen MR) is 146 cm³/mol. The van der Waals surface area contributed by atoms with Crippen LogP contribution in [0, 0.1) is 0 Å². The molecule has 0 bridgehead atoms. The summed E-state index contributed by atoms with van der Waals surface area (Å²) in [5.41, 5.74) is 3.01. The van der Waals surface area contributed by atoms with Gasteiger partial charge in [0.2, 0.25) is 11.8 Å². The van der Waals surface area contributed by atoms with Gasteiger partial charge >= 0.3 is 0 Å². The van der Waals surface area contributed by atoms with E-state index in [1.807, 2.05) is 67.6 Å². The van der Waals surface area contributed by atoms with Crippen molar-refractivity contribution in [2.45, 2.75) is 70.0 Å². The van der Waals surface area contributed by atoms with Crippen LogP contribution in [0.25, 0.3) is 0 Å². The van der Waals surface area contributed by atoms with Crippen LogP contribution >= 0.6 is 11.6 Å². The highest BCUT2D eigenvalue weighted by Gasteiger charge is 2.32. The number of rotatable bonds is 10. The minimum atomic E-state index is -0.554. The second kappa shape index (κ2) is 12.7. The van der Waals surface area contributed by atoms with Gasteiger partial charge in [0.25, 0.3) is 0 Å². The lowest BCUT2D eigenvalue weighted by atomic mass is 9.88. The quantitative estimate of drug-likeness (QED) is 0.334. The number of carbonyl (C=O) groups is 2. The highest BCUT2D eigenvalue weighted by molar-refractivity contribution is 6.31. The third-order valence-electron chi connectivity index (χ3n) is 7.17. The molecule has 0 unspecified atom stereocenters. The molecule has 0 radical (unpaired) electrons. The smallest absolute Gasteiger partial charge is 0.243 e. The molecule has 0 aliphatic heterocycles. The molecular formula is C31H35ClN2O2. The number of nitrogens with one attached hydrogen (secondary N) is 1. The summed E-state index contributed by atoms with van der Waals surface area (Å²) in [5.74, 6) is -0.231. The van der Waals surface area contributed by atoms with Crippen molar-refractivity contribution < 1.29 is 9.59 Å². The Morgan fingerprint density at radius 3 is 2.00 bits per heavy atom. The third kappa shape index (κ3) is 6.55. The van der Waals surface area contributed by atoms with Crippen LogP contribution in [0.2, 0.25) is 5.02 Å². The molecule has 1 atom stereocenters. The zero-order valence-corrected chi connectivity index (χ0v) is 21.7. The lowest BCUT2D eigenvalue weighted by molar-refractivity contribution is -0.141. The molecule has 3 aromatic carbocycles. The minimum absolute atomic E-state index is 0.0546. The Labute approximate surface area is 219 Å². The molecule has 1 saturated carbocycles. The van der Waals surface area contributed by atoms with Crippen LogP contribution < -0.4 is 5.32 Å². The summed E-state index contributed by atoms with van der Waals surface area (Å²) in [5, 5.41) is 3.82. The molecule has 1 aliphatic rings. The minimum Gasteiger partial charge on any atom is -0.352 e. The van der Waals surface area contributed by atoms with Crippen molar-refractivity contribution >= 4 is 23.4 Å². The zero-order chi connectivity index (χ0) is 25.3. The molecular weight excluding hydrogens is 468 g/mol. The van der Waals surface area contributed by atoms with E-state index in [9.17, 15) is 9.59 Å². The fourth-order valence-corrected chi connectivity index (χ4v) is 5.38. The molecule has 0 saturated heterocycles. The van der Waals surface area contributed by atoms with Gasteiger partial charge in [-0.2, -0.15) is 0 Å². The first kappa shape index (κ1) is 26.0. The van der Waals surface area contributed by atoms with Crippen molar-refractivity contribution in [3.63, 3.8) is 0 Å². The van der Waals surface area contributed by atoms with Crippen LogP contribution in [-0.2, 0) is 16.1 Å². The van der Waals surface area contributed by atoms with Crippen molar-refractivity contribution in [3.05, 3.63) is 107 Å². The van der Waals surface area contributed by atoms with E-state index in [0.29, 0.717) is 18.0 Å². The molecule has 1 fully saturated rings. The average molecular weight is 503 g/mol. The molecule has 1 N–H and O–H groups in total. The average Bonchev–Trinajstić information content (AvgIpc) is 3.42. The number of amides is 2. The SMILES string of the molecule is CC[C@H](C(=O)NC1CCCC1)N(Cc1ccccc1Cl)C(=O)CC(c1ccccc1)c1ccccc1. The number of carbonyl (C=O) groups excluding carboxylic acids is 2. The van der Waals surface area contributed by atoms with Crippen LogP contribution in [0.4, 0.5) is 0 Å². The van der Waals surface area contributed by atoms with E-state index >= 15 is 0 Å². The van der Waals surface area contributed by atoms with E-state index in [4.69, 9.17) is 11.6 Å². The number of halogens is 1.